The molecule has 0 heterocycles. The van der Waals surface area contributed by atoms with Gasteiger partial charge < -0.3 is 0 Å². The van der Waals surface area contributed by atoms with Gasteiger partial charge >= 0.3 is 0 Å². The normalized spacial score (nSPS) is 26.2. The Bertz CT molecular complexity index is 242. The Morgan fingerprint density at radius 1 is 0.833 bits per heavy atom. The zero-order chi connectivity index (χ0) is 13.1. The molecule has 106 valence electrons. The predicted molar refractivity (Wildman–Crippen MR) is 74.3 cm³/mol. The summed E-state index contributed by atoms with van der Waals surface area (Å²) in [6, 6.07) is 0. The average molecular weight is 254 g/mol. The summed E-state index contributed by atoms with van der Waals surface area (Å²) in [6.45, 7) is 6.22. The largest absolute Gasteiger partial charge is 0.230 e. The van der Waals surface area contributed by atoms with Crippen molar-refractivity contribution in [3.05, 3.63) is 0 Å². The summed E-state index contributed by atoms with van der Waals surface area (Å²) >= 11 is 0. The second-order valence-electron chi connectivity index (χ2n) is 7.24. The zero-order valence-corrected chi connectivity index (χ0v) is 12.5. The lowest BCUT2D eigenvalue weighted by Crippen LogP contribution is -2.45. The van der Waals surface area contributed by atoms with Crippen molar-refractivity contribution in [2.45, 2.75) is 96.2 Å². The molecule has 0 aliphatic heterocycles. The van der Waals surface area contributed by atoms with Crippen molar-refractivity contribution in [1.82, 2.24) is 0 Å². The van der Waals surface area contributed by atoms with Gasteiger partial charge in [0.1, 0.15) is 5.60 Å². The quantitative estimate of drug-likeness (QED) is 0.520. The van der Waals surface area contributed by atoms with Crippen LogP contribution in [0.1, 0.15) is 85.0 Å². The molecule has 0 N–H and O–H groups in total. The molecule has 2 aliphatic rings. The first kappa shape index (κ1) is 14.3. The number of hydrogen-bond donors (Lipinski definition) is 0. The van der Waals surface area contributed by atoms with Crippen LogP contribution < -0.4 is 0 Å². The van der Waals surface area contributed by atoms with E-state index in [-0.39, 0.29) is 11.2 Å². The monoisotopic (exact) mass is 254 g/mol. The maximum absolute atomic E-state index is 6.07. The van der Waals surface area contributed by atoms with Crippen LogP contribution in [0.2, 0.25) is 0 Å². The molecule has 0 radical (unpaired) electrons. The van der Waals surface area contributed by atoms with Crippen LogP contribution in [-0.4, -0.2) is 11.2 Å². The van der Waals surface area contributed by atoms with Gasteiger partial charge in [-0.1, -0.05) is 38.5 Å². The smallest absolute Gasteiger partial charge is 0.106 e. The lowest BCUT2D eigenvalue weighted by Gasteiger charge is -2.44. The van der Waals surface area contributed by atoms with E-state index in [1.54, 1.807) is 0 Å². The van der Waals surface area contributed by atoms with E-state index in [1.165, 1.54) is 64.2 Å². The minimum absolute atomic E-state index is 0.0337. The van der Waals surface area contributed by atoms with Gasteiger partial charge in [-0.25, -0.2) is 9.78 Å². The summed E-state index contributed by atoms with van der Waals surface area (Å²) in [4.78, 5) is 11.8. The topological polar surface area (TPSA) is 18.5 Å². The minimum Gasteiger partial charge on any atom is -0.230 e. The van der Waals surface area contributed by atoms with Gasteiger partial charge in [0.15, 0.2) is 0 Å². The molecule has 0 atom stereocenters. The summed E-state index contributed by atoms with van der Waals surface area (Å²) < 4.78 is 0. The molecule has 0 aromatic heterocycles. The fourth-order valence-electron chi connectivity index (χ4n) is 3.55. The Balaban J connectivity index is 2.01. The minimum atomic E-state index is -0.195. The van der Waals surface area contributed by atoms with Crippen molar-refractivity contribution in [2.75, 3.05) is 0 Å². The van der Waals surface area contributed by atoms with Crippen molar-refractivity contribution in [2.24, 2.45) is 5.92 Å². The summed E-state index contributed by atoms with van der Waals surface area (Å²) in [5, 5.41) is 0. The molecule has 0 bridgehead atoms. The fourth-order valence-corrected chi connectivity index (χ4v) is 3.55. The molecule has 0 spiro atoms. The Hall–Kier alpha value is -0.0800. The molecule has 0 aromatic carbocycles. The number of hydrogen-bond acceptors (Lipinski definition) is 2. The van der Waals surface area contributed by atoms with Crippen LogP contribution in [0.4, 0.5) is 0 Å². The van der Waals surface area contributed by atoms with E-state index in [0.717, 1.165) is 5.92 Å². The lowest BCUT2D eigenvalue weighted by molar-refractivity contribution is -0.419. The maximum Gasteiger partial charge on any atom is 0.106 e. The van der Waals surface area contributed by atoms with Gasteiger partial charge in [-0.2, -0.15) is 0 Å². The van der Waals surface area contributed by atoms with Gasteiger partial charge in [0.25, 0.3) is 0 Å². The third kappa shape index (κ3) is 3.71. The van der Waals surface area contributed by atoms with E-state index >= 15 is 0 Å². The van der Waals surface area contributed by atoms with Crippen molar-refractivity contribution in [3.8, 4) is 0 Å². The molecule has 2 heteroatoms. The highest BCUT2D eigenvalue weighted by molar-refractivity contribution is 4.91. The molecule has 18 heavy (non-hydrogen) atoms. The molecule has 2 fully saturated rings. The molecule has 2 aliphatic carbocycles. The van der Waals surface area contributed by atoms with Crippen LogP contribution >= 0.6 is 0 Å². The molecular weight excluding hydrogens is 224 g/mol. The van der Waals surface area contributed by atoms with Gasteiger partial charge in [0, 0.05) is 0 Å². The van der Waals surface area contributed by atoms with E-state index < -0.39 is 0 Å². The molecule has 2 nitrogen and oxygen atoms in total. The predicted octanol–water partition coefficient (Wildman–Crippen LogP) is 5.02. The van der Waals surface area contributed by atoms with Crippen molar-refractivity contribution < 1.29 is 9.78 Å². The zero-order valence-electron chi connectivity index (χ0n) is 12.5. The molecular formula is C16H30O2. The molecule has 0 amide bonds. The van der Waals surface area contributed by atoms with Crippen LogP contribution in [0.25, 0.3) is 0 Å². The van der Waals surface area contributed by atoms with Gasteiger partial charge in [-0.15, -0.1) is 0 Å². The van der Waals surface area contributed by atoms with Gasteiger partial charge in [-0.3, -0.25) is 0 Å². The van der Waals surface area contributed by atoms with Gasteiger partial charge in [-0.05, 0) is 52.4 Å². The first-order valence-corrected chi connectivity index (χ1v) is 7.89. The summed E-state index contributed by atoms with van der Waals surface area (Å²) in [6.07, 6.45) is 13.2. The first-order chi connectivity index (χ1) is 8.52. The van der Waals surface area contributed by atoms with Gasteiger partial charge in [0.05, 0.1) is 5.60 Å². The average Bonchev–Trinajstić information content (AvgIpc) is 2.38. The Kier molecular flexibility index (Phi) is 4.71. The Morgan fingerprint density at radius 3 is 1.94 bits per heavy atom. The van der Waals surface area contributed by atoms with Gasteiger partial charge in [0.2, 0.25) is 0 Å². The Labute approximate surface area is 112 Å². The van der Waals surface area contributed by atoms with Crippen molar-refractivity contribution >= 4 is 0 Å². The molecule has 0 aromatic rings. The molecule has 0 saturated heterocycles. The number of rotatable bonds is 3. The highest BCUT2D eigenvalue weighted by Crippen LogP contribution is 2.44. The van der Waals surface area contributed by atoms with Crippen LogP contribution in [0.3, 0.4) is 0 Å². The SMILES string of the molecule is CC(C)(C)OOC1(C2CCCCC2)CCCCC1. The third-order valence-corrected chi connectivity index (χ3v) is 4.51. The summed E-state index contributed by atoms with van der Waals surface area (Å²) in [7, 11) is 0. The second-order valence-corrected chi connectivity index (χ2v) is 7.24. The van der Waals surface area contributed by atoms with Crippen LogP contribution in [0, 0.1) is 5.92 Å². The molecule has 2 saturated carbocycles. The van der Waals surface area contributed by atoms with E-state index in [1.807, 2.05) is 0 Å². The van der Waals surface area contributed by atoms with Crippen LogP contribution in [0.15, 0.2) is 0 Å². The Morgan fingerprint density at radius 2 is 1.39 bits per heavy atom. The van der Waals surface area contributed by atoms with E-state index in [9.17, 15) is 0 Å². The maximum atomic E-state index is 6.07. The fraction of sp³-hybridized carbons (Fsp3) is 1.00. The van der Waals surface area contributed by atoms with Crippen LogP contribution in [0.5, 0.6) is 0 Å². The molecule has 0 unspecified atom stereocenters. The third-order valence-electron chi connectivity index (χ3n) is 4.51. The summed E-state index contributed by atoms with van der Waals surface area (Å²) in [5.74, 6) is 0.730. The standard InChI is InChI=1S/C16H30O2/c1-15(2,3)17-18-16(12-8-5-9-13-16)14-10-6-4-7-11-14/h14H,4-13H2,1-3H3. The van der Waals surface area contributed by atoms with E-state index in [4.69, 9.17) is 9.78 Å². The first-order valence-electron chi connectivity index (χ1n) is 7.89. The van der Waals surface area contributed by atoms with E-state index in [2.05, 4.69) is 20.8 Å². The van der Waals surface area contributed by atoms with Crippen molar-refractivity contribution in [1.29, 1.82) is 0 Å². The van der Waals surface area contributed by atoms with Crippen molar-refractivity contribution in [3.63, 3.8) is 0 Å². The second kappa shape index (κ2) is 5.92. The molecule has 2 rings (SSSR count). The highest BCUT2D eigenvalue weighted by Gasteiger charge is 2.43. The van der Waals surface area contributed by atoms with Crippen LogP contribution in [-0.2, 0) is 9.78 Å². The highest BCUT2D eigenvalue weighted by atomic mass is 17.2. The summed E-state index contributed by atoms with van der Waals surface area (Å²) in [5.41, 5.74) is -0.162. The lowest BCUT2D eigenvalue weighted by atomic mass is 9.70. The van der Waals surface area contributed by atoms with E-state index in [0.29, 0.717) is 0 Å².